The summed E-state index contributed by atoms with van der Waals surface area (Å²) < 4.78 is 30.3. The van der Waals surface area contributed by atoms with E-state index in [1.807, 2.05) is 0 Å². The molecule has 0 saturated heterocycles. The largest absolute Gasteiger partial charge is 0.362 e. The summed E-state index contributed by atoms with van der Waals surface area (Å²) in [5.74, 6) is 0. The number of diazo groups is 1. The minimum absolute atomic E-state index is 0.447. The number of hydrogen-bond donors (Lipinski definition) is 1. The van der Waals surface area contributed by atoms with Crippen LogP contribution in [-0.4, -0.2) is 13.0 Å². The molecule has 0 unspecified atom stereocenters. The predicted molar refractivity (Wildman–Crippen MR) is 53.2 cm³/mol. The number of nitrogens with zero attached hydrogens (tertiary/aromatic N) is 6. The molecular formula is C6H2N6O5S. The molecule has 12 heteroatoms. The molecule has 1 rings (SSSR count). The van der Waals surface area contributed by atoms with Crippen molar-refractivity contribution in [3.63, 3.8) is 0 Å². The quantitative estimate of drug-likeness (QED) is 0.214. The van der Waals surface area contributed by atoms with Crippen molar-refractivity contribution >= 4 is 10.1 Å². The predicted octanol–water partition coefficient (Wildman–Crippen LogP) is -1.96. The molecule has 0 aromatic heterocycles. The van der Waals surface area contributed by atoms with Gasteiger partial charge in [-0.2, -0.15) is 8.42 Å². The molecule has 0 fully saturated rings. The Morgan fingerprint density at radius 2 is 1.94 bits per heavy atom. The first kappa shape index (κ1) is 13.4. The molecule has 1 aromatic rings. The summed E-state index contributed by atoms with van der Waals surface area (Å²) in [7, 11) is -4.96. The number of hydrogen-bond acceptors (Lipinski definition) is 7. The van der Waals surface area contributed by atoms with Crippen molar-refractivity contribution in [3.8, 4) is 0 Å². The lowest BCUT2D eigenvalue weighted by Gasteiger charge is -1.94. The minimum atomic E-state index is -4.96. The fourth-order valence-electron chi connectivity index (χ4n) is 1.05. The van der Waals surface area contributed by atoms with Crippen LogP contribution < -0.4 is 21.6 Å². The first-order valence-corrected chi connectivity index (χ1v) is 5.39. The second-order valence-electron chi connectivity index (χ2n) is 2.75. The zero-order valence-corrected chi connectivity index (χ0v) is 9.07. The Hall–Kier alpha value is -2.65. The summed E-state index contributed by atoms with van der Waals surface area (Å²) in [5, 5.41) is 16.9. The van der Waals surface area contributed by atoms with Crippen LogP contribution in [0.5, 0.6) is 0 Å². The lowest BCUT2D eigenvalue weighted by atomic mass is 10.3. The van der Waals surface area contributed by atoms with Crippen molar-refractivity contribution in [2.45, 2.75) is 4.90 Å². The van der Waals surface area contributed by atoms with Gasteiger partial charge < -0.3 is 10.6 Å². The molecule has 0 atom stereocenters. The molecule has 11 nitrogen and oxygen atoms in total. The maximum atomic E-state index is 11.4. The van der Waals surface area contributed by atoms with Gasteiger partial charge in [-0.15, -0.1) is 0 Å². The average molecular weight is 270 g/mol. The van der Waals surface area contributed by atoms with E-state index in [2.05, 4.69) is 20.5 Å². The lowest BCUT2D eigenvalue weighted by molar-refractivity contribution is 0.482. The molecule has 0 aliphatic carbocycles. The molecule has 1 aromatic carbocycles. The van der Waals surface area contributed by atoms with Gasteiger partial charge in [-0.3, -0.25) is 19.4 Å². The summed E-state index contributed by atoms with van der Waals surface area (Å²) in [6, 6.07) is 0.447. The third-order valence-corrected chi connectivity index (χ3v) is 2.59. The Balaban J connectivity index is 4.18. The molecule has 0 aliphatic heterocycles. The molecule has 1 N–H and O–H groups in total. The Morgan fingerprint density at radius 1 is 1.33 bits per heavy atom. The highest BCUT2D eigenvalue weighted by atomic mass is 32.2. The van der Waals surface area contributed by atoms with Crippen LogP contribution in [0, 0.1) is 5.39 Å². The van der Waals surface area contributed by atoms with Crippen molar-refractivity contribution in [2.24, 2.45) is 15.4 Å². The maximum Gasteiger partial charge on any atom is 0.339 e. The van der Waals surface area contributed by atoms with E-state index in [0.29, 0.717) is 6.07 Å². The second-order valence-corrected chi connectivity index (χ2v) is 4.14. The van der Waals surface area contributed by atoms with Gasteiger partial charge >= 0.3 is 5.08 Å². The molecule has 0 radical (unpaired) electrons. The van der Waals surface area contributed by atoms with E-state index in [4.69, 9.17) is 15.5 Å². The molecule has 18 heavy (non-hydrogen) atoms. The zero-order chi connectivity index (χ0) is 13.9. The van der Waals surface area contributed by atoms with E-state index in [0.717, 1.165) is 0 Å². The monoisotopic (exact) mass is 270 g/mol. The third kappa shape index (κ3) is 2.36. The molecular weight excluding hydrogens is 268 g/mol. The Kier molecular flexibility index (Phi) is 3.50. The summed E-state index contributed by atoms with van der Waals surface area (Å²) in [4.78, 5) is 21.4. The van der Waals surface area contributed by atoms with E-state index in [1.54, 1.807) is 0 Å². The maximum absolute atomic E-state index is 11.4. The van der Waals surface area contributed by atoms with Crippen LogP contribution >= 0.6 is 0 Å². The standard InChI is InChI=1S/C6H2N6O5S/c7-11-9-2-1-3(18(15,16)17)5(13)6(14)4(2)10-12-8/h1H,(H,15,16,17). The highest BCUT2D eigenvalue weighted by Crippen LogP contribution is 1.94. The van der Waals surface area contributed by atoms with Crippen LogP contribution in [0.15, 0.2) is 36.0 Å². The molecule has 0 heterocycles. The van der Waals surface area contributed by atoms with Crippen molar-refractivity contribution in [1.29, 1.82) is 5.39 Å². The first-order valence-electron chi connectivity index (χ1n) is 3.95. The van der Waals surface area contributed by atoms with Crippen LogP contribution in [0.3, 0.4) is 0 Å². The molecule has 92 valence electrons. The topological polar surface area (TPSA) is 176 Å². The zero-order valence-electron chi connectivity index (χ0n) is 8.25. The third-order valence-electron chi connectivity index (χ3n) is 1.73. The Labute approximate surface area is 97.3 Å². The fourth-order valence-corrected chi connectivity index (χ4v) is 1.64. The molecule has 0 saturated carbocycles. The van der Waals surface area contributed by atoms with Crippen LogP contribution in [0.2, 0.25) is 0 Å². The SMILES string of the molecule is N#[N+]N=c1cc(S(=O)(=O)O)c(=O)c(=O)c1=NN=[N-]. The Bertz CT molecular complexity index is 869. The van der Waals surface area contributed by atoms with Gasteiger partial charge in [0.25, 0.3) is 15.5 Å². The highest BCUT2D eigenvalue weighted by molar-refractivity contribution is 7.85. The van der Waals surface area contributed by atoms with Gasteiger partial charge in [0.15, 0.2) is 10.5 Å². The van der Waals surface area contributed by atoms with Gasteiger partial charge in [0.1, 0.15) is 4.90 Å². The van der Waals surface area contributed by atoms with E-state index in [-0.39, 0.29) is 0 Å². The van der Waals surface area contributed by atoms with Crippen molar-refractivity contribution in [1.82, 2.24) is 0 Å². The van der Waals surface area contributed by atoms with Gasteiger partial charge in [-0.05, 0) is 6.07 Å². The van der Waals surface area contributed by atoms with Gasteiger partial charge in [0.2, 0.25) is 10.9 Å². The number of benzene rings is 1. The normalized spacial score (nSPS) is 13.3. The van der Waals surface area contributed by atoms with Crippen LogP contribution in [-0.2, 0) is 10.1 Å². The van der Waals surface area contributed by atoms with Crippen molar-refractivity contribution in [2.75, 3.05) is 0 Å². The molecule has 0 spiro atoms. The van der Waals surface area contributed by atoms with E-state index in [1.165, 1.54) is 0 Å². The van der Waals surface area contributed by atoms with Crippen LogP contribution in [0.1, 0.15) is 0 Å². The molecule has 0 bridgehead atoms. The van der Waals surface area contributed by atoms with E-state index >= 15 is 0 Å². The van der Waals surface area contributed by atoms with Crippen molar-refractivity contribution < 1.29 is 13.0 Å². The summed E-state index contributed by atoms with van der Waals surface area (Å²) in [6.07, 6.45) is 0. The Morgan fingerprint density at radius 3 is 2.39 bits per heavy atom. The fraction of sp³-hybridized carbons (Fsp3) is 0. The number of rotatable bonds is 2. The average Bonchev–Trinajstić information content (AvgIpc) is 2.27. The second kappa shape index (κ2) is 4.69. The van der Waals surface area contributed by atoms with Gasteiger partial charge in [0, 0.05) is 0 Å². The van der Waals surface area contributed by atoms with E-state index in [9.17, 15) is 18.0 Å². The summed E-state index contributed by atoms with van der Waals surface area (Å²) in [6.45, 7) is 0. The van der Waals surface area contributed by atoms with Gasteiger partial charge in [0.05, 0.1) is 5.36 Å². The van der Waals surface area contributed by atoms with Crippen molar-refractivity contribution in [3.05, 3.63) is 47.8 Å². The molecule has 0 aliphatic rings. The summed E-state index contributed by atoms with van der Waals surface area (Å²) in [5.41, 5.74) is 5.09. The first-order chi connectivity index (χ1) is 8.32. The van der Waals surface area contributed by atoms with E-state index < -0.39 is 36.6 Å². The lowest BCUT2D eigenvalue weighted by Crippen LogP contribution is -2.49. The molecule has 0 amide bonds. The minimum Gasteiger partial charge on any atom is -0.362 e. The van der Waals surface area contributed by atoms with Gasteiger partial charge in [-0.1, -0.05) is 0 Å². The highest BCUT2D eigenvalue weighted by Gasteiger charge is 2.18. The van der Waals surface area contributed by atoms with Crippen LogP contribution in [0.4, 0.5) is 0 Å². The van der Waals surface area contributed by atoms with Gasteiger partial charge in [-0.25, -0.2) is 0 Å². The summed E-state index contributed by atoms with van der Waals surface area (Å²) >= 11 is 0. The smallest absolute Gasteiger partial charge is 0.339 e. The van der Waals surface area contributed by atoms with Crippen LogP contribution in [0.25, 0.3) is 10.6 Å².